The SMILES string of the molecule is CCC(=O)NC(C#N)c1ccccc1C. The molecule has 0 aromatic heterocycles. The maximum atomic E-state index is 11.2. The number of hydrogen-bond donors (Lipinski definition) is 1. The summed E-state index contributed by atoms with van der Waals surface area (Å²) in [6, 6.07) is 9.12. The van der Waals surface area contributed by atoms with Crippen LogP contribution in [0.4, 0.5) is 0 Å². The summed E-state index contributed by atoms with van der Waals surface area (Å²) in [4.78, 5) is 11.2. The number of aryl methyl sites for hydroxylation is 1. The van der Waals surface area contributed by atoms with Gasteiger partial charge < -0.3 is 5.32 Å². The van der Waals surface area contributed by atoms with Crippen LogP contribution in [0.5, 0.6) is 0 Å². The van der Waals surface area contributed by atoms with E-state index < -0.39 is 6.04 Å². The predicted molar refractivity (Wildman–Crippen MR) is 58.0 cm³/mol. The minimum absolute atomic E-state index is 0.107. The molecule has 0 fully saturated rings. The summed E-state index contributed by atoms with van der Waals surface area (Å²) >= 11 is 0. The fourth-order valence-electron chi connectivity index (χ4n) is 1.35. The summed E-state index contributed by atoms with van der Waals surface area (Å²) in [5.74, 6) is -0.107. The second-order valence-electron chi connectivity index (χ2n) is 3.34. The Labute approximate surface area is 89.7 Å². The maximum Gasteiger partial charge on any atom is 0.221 e. The lowest BCUT2D eigenvalue weighted by atomic mass is 10.0. The smallest absolute Gasteiger partial charge is 0.221 e. The number of amides is 1. The Hall–Kier alpha value is -1.82. The number of benzene rings is 1. The Balaban J connectivity index is 2.89. The van der Waals surface area contributed by atoms with Crippen molar-refractivity contribution >= 4 is 5.91 Å². The number of nitrogens with zero attached hydrogens (tertiary/aromatic N) is 1. The Morgan fingerprint density at radius 2 is 2.20 bits per heavy atom. The molecule has 1 aromatic rings. The number of nitrogens with one attached hydrogen (secondary N) is 1. The van der Waals surface area contributed by atoms with Crippen LogP contribution in [0.2, 0.25) is 0 Å². The number of rotatable bonds is 3. The van der Waals surface area contributed by atoms with Crippen LogP contribution in [-0.4, -0.2) is 5.91 Å². The van der Waals surface area contributed by atoms with Crippen LogP contribution < -0.4 is 5.32 Å². The van der Waals surface area contributed by atoms with E-state index in [1.807, 2.05) is 31.2 Å². The van der Waals surface area contributed by atoms with Crippen LogP contribution in [-0.2, 0) is 4.79 Å². The quantitative estimate of drug-likeness (QED) is 0.815. The molecule has 1 N–H and O–H groups in total. The summed E-state index contributed by atoms with van der Waals surface area (Å²) in [7, 11) is 0. The minimum atomic E-state index is -0.543. The molecule has 1 atom stereocenters. The van der Waals surface area contributed by atoms with E-state index in [2.05, 4.69) is 11.4 Å². The van der Waals surface area contributed by atoms with E-state index in [-0.39, 0.29) is 5.91 Å². The molecular weight excluding hydrogens is 188 g/mol. The van der Waals surface area contributed by atoms with Gasteiger partial charge in [-0.2, -0.15) is 5.26 Å². The van der Waals surface area contributed by atoms with Crippen molar-refractivity contribution in [3.63, 3.8) is 0 Å². The van der Waals surface area contributed by atoms with Gasteiger partial charge in [0.15, 0.2) is 0 Å². The second kappa shape index (κ2) is 5.16. The molecule has 0 radical (unpaired) electrons. The zero-order valence-electron chi connectivity index (χ0n) is 8.95. The molecule has 0 saturated heterocycles. The average molecular weight is 202 g/mol. The van der Waals surface area contributed by atoms with E-state index in [9.17, 15) is 4.79 Å². The normalized spacial score (nSPS) is 11.5. The summed E-state index contributed by atoms with van der Waals surface area (Å²) in [5, 5.41) is 11.7. The van der Waals surface area contributed by atoms with Gasteiger partial charge in [0.25, 0.3) is 0 Å². The summed E-state index contributed by atoms with van der Waals surface area (Å²) in [5.41, 5.74) is 1.88. The molecule has 1 unspecified atom stereocenters. The minimum Gasteiger partial charge on any atom is -0.337 e. The Kier molecular flexibility index (Phi) is 3.87. The van der Waals surface area contributed by atoms with Gasteiger partial charge in [0, 0.05) is 6.42 Å². The van der Waals surface area contributed by atoms with E-state index in [4.69, 9.17) is 5.26 Å². The van der Waals surface area contributed by atoms with Gasteiger partial charge in [0.1, 0.15) is 6.04 Å². The Bertz CT molecular complexity index is 393. The first-order valence-corrected chi connectivity index (χ1v) is 4.93. The lowest BCUT2D eigenvalue weighted by Gasteiger charge is -2.13. The van der Waals surface area contributed by atoms with Gasteiger partial charge in [-0.15, -0.1) is 0 Å². The molecule has 3 nitrogen and oxygen atoms in total. The molecule has 3 heteroatoms. The maximum absolute atomic E-state index is 11.2. The van der Waals surface area contributed by atoms with Crippen LogP contribution in [0.1, 0.15) is 30.5 Å². The molecule has 1 rings (SSSR count). The van der Waals surface area contributed by atoms with Gasteiger partial charge in [-0.05, 0) is 18.1 Å². The number of carbonyl (C=O) groups is 1. The highest BCUT2D eigenvalue weighted by molar-refractivity contribution is 5.76. The van der Waals surface area contributed by atoms with Gasteiger partial charge in [0.05, 0.1) is 6.07 Å². The molecule has 78 valence electrons. The third-order valence-electron chi connectivity index (χ3n) is 2.26. The van der Waals surface area contributed by atoms with E-state index in [0.29, 0.717) is 6.42 Å². The molecule has 1 amide bonds. The Morgan fingerprint density at radius 1 is 1.53 bits per heavy atom. The molecule has 0 bridgehead atoms. The topological polar surface area (TPSA) is 52.9 Å². The van der Waals surface area contributed by atoms with Crippen molar-refractivity contribution in [2.24, 2.45) is 0 Å². The fourth-order valence-corrected chi connectivity index (χ4v) is 1.35. The predicted octanol–water partition coefficient (Wildman–Crippen LogP) is 2.09. The van der Waals surface area contributed by atoms with E-state index in [0.717, 1.165) is 11.1 Å². The molecular formula is C12H14N2O. The van der Waals surface area contributed by atoms with Crippen LogP contribution in [0, 0.1) is 18.3 Å². The third kappa shape index (κ3) is 2.81. The standard InChI is InChI=1S/C12H14N2O/c1-3-12(15)14-11(8-13)10-7-5-4-6-9(10)2/h4-7,11H,3H2,1-2H3,(H,14,15). The molecule has 0 aliphatic rings. The third-order valence-corrected chi connectivity index (χ3v) is 2.26. The first-order valence-electron chi connectivity index (χ1n) is 4.93. The molecule has 15 heavy (non-hydrogen) atoms. The molecule has 0 spiro atoms. The first kappa shape index (κ1) is 11.3. The highest BCUT2D eigenvalue weighted by atomic mass is 16.1. The van der Waals surface area contributed by atoms with Gasteiger partial charge in [0.2, 0.25) is 5.91 Å². The first-order chi connectivity index (χ1) is 7.19. The van der Waals surface area contributed by atoms with Crippen molar-refractivity contribution in [3.8, 4) is 6.07 Å². The molecule has 0 saturated carbocycles. The number of nitriles is 1. The monoisotopic (exact) mass is 202 g/mol. The van der Waals surface area contributed by atoms with Crippen LogP contribution in [0.15, 0.2) is 24.3 Å². The van der Waals surface area contributed by atoms with E-state index in [1.165, 1.54) is 0 Å². The van der Waals surface area contributed by atoms with Gasteiger partial charge in [-0.25, -0.2) is 0 Å². The van der Waals surface area contributed by atoms with Gasteiger partial charge in [-0.3, -0.25) is 4.79 Å². The summed E-state index contributed by atoms with van der Waals surface area (Å²) in [6.45, 7) is 3.69. The zero-order valence-corrected chi connectivity index (χ0v) is 8.95. The molecule has 1 aromatic carbocycles. The lowest BCUT2D eigenvalue weighted by Crippen LogP contribution is -2.27. The summed E-state index contributed by atoms with van der Waals surface area (Å²) in [6.07, 6.45) is 0.393. The van der Waals surface area contributed by atoms with E-state index in [1.54, 1.807) is 6.92 Å². The van der Waals surface area contributed by atoms with E-state index >= 15 is 0 Å². The number of carbonyl (C=O) groups excluding carboxylic acids is 1. The highest BCUT2D eigenvalue weighted by Crippen LogP contribution is 2.16. The van der Waals surface area contributed by atoms with Gasteiger partial charge in [-0.1, -0.05) is 31.2 Å². The number of hydrogen-bond acceptors (Lipinski definition) is 2. The lowest BCUT2D eigenvalue weighted by molar-refractivity contribution is -0.121. The average Bonchev–Trinajstić information content (AvgIpc) is 2.26. The van der Waals surface area contributed by atoms with Crippen molar-refractivity contribution in [1.29, 1.82) is 5.26 Å². The molecule has 0 heterocycles. The molecule has 0 aliphatic heterocycles. The summed E-state index contributed by atoms with van der Waals surface area (Å²) < 4.78 is 0. The van der Waals surface area contributed by atoms with Crippen molar-refractivity contribution in [1.82, 2.24) is 5.32 Å². The largest absolute Gasteiger partial charge is 0.337 e. The van der Waals surface area contributed by atoms with Crippen molar-refractivity contribution in [2.75, 3.05) is 0 Å². The van der Waals surface area contributed by atoms with Crippen molar-refractivity contribution in [3.05, 3.63) is 35.4 Å². The Morgan fingerprint density at radius 3 is 2.73 bits per heavy atom. The van der Waals surface area contributed by atoms with Crippen LogP contribution in [0.25, 0.3) is 0 Å². The fraction of sp³-hybridized carbons (Fsp3) is 0.333. The van der Waals surface area contributed by atoms with Gasteiger partial charge >= 0.3 is 0 Å². The molecule has 0 aliphatic carbocycles. The van der Waals surface area contributed by atoms with Crippen molar-refractivity contribution in [2.45, 2.75) is 26.3 Å². The van der Waals surface area contributed by atoms with Crippen molar-refractivity contribution < 1.29 is 4.79 Å². The highest BCUT2D eigenvalue weighted by Gasteiger charge is 2.13. The zero-order chi connectivity index (χ0) is 11.3. The second-order valence-corrected chi connectivity index (χ2v) is 3.34. The van der Waals surface area contributed by atoms with Crippen LogP contribution in [0.3, 0.4) is 0 Å². The van der Waals surface area contributed by atoms with Crippen LogP contribution >= 0.6 is 0 Å².